The molecular weight excluding hydrogens is 381 g/mol. The summed E-state index contributed by atoms with van der Waals surface area (Å²) in [6.45, 7) is 1.50. The molecule has 0 atom stereocenters. The fraction of sp³-hybridized carbons (Fsp3) is 0.118. The number of hydrazone groups is 1. The van der Waals surface area contributed by atoms with Crippen LogP contribution < -0.4 is 10.7 Å². The van der Waals surface area contributed by atoms with Gasteiger partial charge in [0.1, 0.15) is 0 Å². The minimum Gasteiger partial charge on any atom is -0.318 e. The standard InChI is InChI=1S/C17H13F3N4O4/c1-10(12-3-2-4-13(9-12)21-16(26)17(18,19)20)22-23-15(25)11-5-7-14(8-6-11)24(27)28/h2-9H,1H3,(H,21,26)(H,23,25). The van der Waals surface area contributed by atoms with Crippen molar-refractivity contribution in [3.8, 4) is 0 Å². The van der Waals surface area contributed by atoms with Gasteiger partial charge in [0.15, 0.2) is 0 Å². The lowest BCUT2D eigenvalue weighted by Gasteiger charge is -2.09. The summed E-state index contributed by atoms with van der Waals surface area (Å²) in [5.41, 5.74) is 2.74. The molecule has 0 heterocycles. The molecule has 0 aliphatic heterocycles. The highest BCUT2D eigenvalue weighted by Crippen LogP contribution is 2.19. The fourth-order valence-corrected chi connectivity index (χ4v) is 2.02. The number of non-ortho nitro benzene ring substituents is 1. The molecule has 8 nitrogen and oxygen atoms in total. The average Bonchev–Trinajstić information content (AvgIpc) is 2.65. The SMILES string of the molecule is CC(=NNC(=O)c1ccc([N+](=O)[O-])cc1)c1cccc(NC(=O)C(F)(F)F)c1. The Bertz CT molecular complexity index is 940. The predicted octanol–water partition coefficient (Wildman–Crippen LogP) is 3.25. The van der Waals surface area contributed by atoms with Crippen molar-refractivity contribution >= 4 is 28.9 Å². The van der Waals surface area contributed by atoms with Crippen molar-refractivity contribution in [1.82, 2.24) is 5.43 Å². The number of hydrogen-bond acceptors (Lipinski definition) is 5. The highest BCUT2D eigenvalue weighted by Gasteiger charge is 2.38. The van der Waals surface area contributed by atoms with E-state index in [0.29, 0.717) is 5.56 Å². The molecule has 0 aliphatic carbocycles. The molecule has 28 heavy (non-hydrogen) atoms. The van der Waals surface area contributed by atoms with Crippen LogP contribution in [-0.4, -0.2) is 28.6 Å². The largest absolute Gasteiger partial charge is 0.471 e. The van der Waals surface area contributed by atoms with Crippen molar-refractivity contribution in [1.29, 1.82) is 0 Å². The first-order valence-corrected chi connectivity index (χ1v) is 7.65. The van der Waals surface area contributed by atoms with Crippen molar-refractivity contribution in [3.63, 3.8) is 0 Å². The topological polar surface area (TPSA) is 114 Å². The Hall–Kier alpha value is -3.76. The molecule has 2 N–H and O–H groups in total. The number of benzene rings is 2. The van der Waals surface area contributed by atoms with E-state index in [9.17, 15) is 32.9 Å². The van der Waals surface area contributed by atoms with E-state index in [1.807, 2.05) is 0 Å². The number of carbonyl (C=O) groups excluding carboxylic acids is 2. The van der Waals surface area contributed by atoms with E-state index in [0.717, 1.165) is 12.1 Å². The van der Waals surface area contributed by atoms with E-state index in [1.165, 1.54) is 43.3 Å². The zero-order valence-corrected chi connectivity index (χ0v) is 14.3. The van der Waals surface area contributed by atoms with E-state index in [-0.39, 0.29) is 22.6 Å². The molecule has 0 aromatic heterocycles. The molecule has 0 radical (unpaired) electrons. The smallest absolute Gasteiger partial charge is 0.318 e. The van der Waals surface area contributed by atoms with Gasteiger partial charge in [-0.25, -0.2) is 5.43 Å². The third kappa shape index (κ3) is 5.37. The quantitative estimate of drug-likeness (QED) is 0.460. The van der Waals surface area contributed by atoms with Crippen LogP contribution >= 0.6 is 0 Å². The first kappa shape index (κ1) is 20.6. The van der Waals surface area contributed by atoms with E-state index in [2.05, 4.69) is 10.5 Å². The van der Waals surface area contributed by atoms with Crippen LogP contribution in [0.1, 0.15) is 22.8 Å². The third-order valence-electron chi connectivity index (χ3n) is 3.46. The molecule has 0 saturated carbocycles. The maximum Gasteiger partial charge on any atom is 0.471 e. The van der Waals surface area contributed by atoms with E-state index < -0.39 is 22.9 Å². The number of carbonyl (C=O) groups is 2. The van der Waals surface area contributed by atoms with Crippen molar-refractivity contribution in [2.45, 2.75) is 13.1 Å². The van der Waals surface area contributed by atoms with E-state index in [1.54, 1.807) is 5.32 Å². The number of anilines is 1. The molecule has 0 bridgehead atoms. The monoisotopic (exact) mass is 394 g/mol. The van der Waals surface area contributed by atoms with Gasteiger partial charge in [-0.3, -0.25) is 19.7 Å². The molecule has 0 fully saturated rings. The van der Waals surface area contributed by atoms with Gasteiger partial charge in [0.2, 0.25) is 0 Å². The number of alkyl halides is 3. The van der Waals surface area contributed by atoms with Gasteiger partial charge in [0.05, 0.1) is 10.6 Å². The molecule has 0 saturated heterocycles. The molecule has 2 rings (SSSR count). The maximum atomic E-state index is 12.3. The number of nitro benzene ring substituents is 1. The Balaban J connectivity index is 2.08. The van der Waals surface area contributed by atoms with Crippen LogP contribution in [0, 0.1) is 10.1 Å². The lowest BCUT2D eigenvalue weighted by Crippen LogP contribution is -2.29. The number of hydrogen-bond donors (Lipinski definition) is 2. The molecule has 0 unspecified atom stereocenters. The normalized spacial score (nSPS) is 11.6. The van der Waals surface area contributed by atoms with Gasteiger partial charge in [-0.2, -0.15) is 18.3 Å². The second kappa shape index (κ2) is 8.29. The second-order valence-electron chi connectivity index (χ2n) is 5.47. The molecule has 0 aliphatic rings. The van der Waals surface area contributed by atoms with Crippen LogP contribution in [0.5, 0.6) is 0 Å². The third-order valence-corrected chi connectivity index (χ3v) is 3.46. The maximum absolute atomic E-state index is 12.3. The summed E-state index contributed by atoms with van der Waals surface area (Å²) in [4.78, 5) is 33.0. The number of halogens is 3. The van der Waals surface area contributed by atoms with Crippen LogP contribution in [-0.2, 0) is 4.79 Å². The molecule has 11 heteroatoms. The average molecular weight is 394 g/mol. The Morgan fingerprint density at radius 2 is 1.71 bits per heavy atom. The van der Waals surface area contributed by atoms with Gasteiger partial charge in [-0.05, 0) is 36.8 Å². The summed E-state index contributed by atoms with van der Waals surface area (Å²) in [5.74, 6) is -2.73. The minimum atomic E-state index is -5.02. The number of amides is 2. The minimum absolute atomic E-state index is 0.0870. The molecular formula is C17H13F3N4O4. The summed E-state index contributed by atoms with van der Waals surface area (Å²) in [6, 6.07) is 10.3. The van der Waals surface area contributed by atoms with Crippen molar-refractivity contribution in [2.24, 2.45) is 5.10 Å². The van der Waals surface area contributed by atoms with Gasteiger partial charge in [0, 0.05) is 23.4 Å². The molecule has 2 aromatic carbocycles. The fourth-order valence-electron chi connectivity index (χ4n) is 2.02. The van der Waals surface area contributed by atoms with E-state index in [4.69, 9.17) is 0 Å². The van der Waals surface area contributed by atoms with Gasteiger partial charge < -0.3 is 5.32 Å². The van der Waals surface area contributed by atoms with Gasteiger partial charge in [-0.1, -0.05) is 12.1 Å². The molecule has 2 amide bonds. The van der Waals surface area contributed by atoms with Crippen LogP contribution in [0.15, 0.2) is 53.6 Å². The first-order chi connectivity index (χ1) is 13.1. The lowest BCUT2D eigenvalue weighted by atomic mass is 10.1. The zero-order chi connectivity index (χ0) is 20.9. The van der Waals surface area contributed by atoms with E-state index >= 15 is 0 Å². The van der Waals surface area contributed by atoms with Gasteiger partial charge >= 0.3 is 12.1 Å². The van der Waals surface area contributed by atoms with Crippen LogP contribution in [0.3, 0.4) is 0 Å². The van der Waals surface area contributed by atoms with Crippen LogP contribution in [0.4, 0.5) is 24.5 Å². The highest BCUT2D eigenvalue weighted by molar-refractivity contribution is 6.02. The lowest BCUT2D eigenvalue weighted by molar-refractivity contribution is -0.384. The molecule has 2 aromatic rings. The molecule has 0 spiro atoms. The number of nitrogens with one attached hydrogen (secondary N) is 2. The summed E-state index contributed by atoms with van der Waals surface area (Å²) in [7, 11) is 0. The number of nitro groups is 1. The predicted molar refractivity (Wildman–Crippen MR) is 93.9 cm³/mol. The van der Waals surface area contributed by atoms with Gasteiger partial charge in [-0.15, -0.1) is 0 Å². The molecule has 146 valence electrons. The number of nitrogens with zero attached hydrogens (tertiary/aromatic N) is 2. The Labute approximate surface area is 156 Å². The van der Waals surface area contributed by atoms with Crippen molar-refractivity contribution in [2.75, 3.05) is 5.32 Å². The summed E-state index contributed by atoms with van der Waals surface area (Å²) in [6.07, 6.45) is -5.02. The summed E-state index contributed by atoms with van der Waals surface area (Å²) < 4.78 is 36.9. The summed E-state index contributed by atoms with van der Waals surface area (Å²) in [5, 5.41) is 16.2. The second-order valence-corrected chi connectivity index (χ2v) is 5.47. The zero-order valence-electron chi connectivity index (χ0n) is 14.3. The summed E-state index contributed by atoms with van der Waals surface area (Å²) >= 11 is 0. The Kier molecular flexibility index (Phi) is 6.08. The van der Waals surface area contributed by atoms with Crippen molar-refractivity contribution < 1.29 is 27.7 Å². The van der Waals surface area contributed by atoms with Crippen LogP contribution in [0.2, 0.25) is 0 Å². The first-order valence-electron chi connectivity index (χ1n) is 7.65. The van der Waals surface area contributed by atoms with Gasteiger partial charge in [0.25, 0.3) is 11.6 Å². The Morgan fingerprint density at radius 1 is 1.07 bits per heavy atom. The Morgan fingerprint density at radius 3 is 2.29 bits per heavy atom. The highest BCUT2D eigenvalue weighted by atomic mass is 19.4. The number of rotatable bonds is 5. The van der Waals surface area contributed by atoms with Crippen LogP contribution in [0.25, 0.3) is 0 Å². The van der Waals surface area contributed by atoms with Crippen molar-refractivity contribution in [3.05, 3.63) is 69.8 Å².